The molecule has 5 heteroatoms. The first-order valence-corrected chi connectivity index (χ1v) is 6.29. The summed E-state index contributed by atoms with van der Waals surface area (Å²) in [5, 5.41) is 18.1. The Hall–Kier alpha value is -1.62. The monoisotopic (exact) mass is 250 g/mol. The number of pyridine rings is 1. The fraction of sp³-hybridized carbons (Fsp3) is 0.538. The minimum Gasteiger partial charge on any atom is -0.477 e. The fourth-order valence-electron chi connectivity index (χ4n) is 2.56. The molecule has 2 rings (SSSR count). The number of aromatic carboxylic acids is 1. The summed E-state index contributed by atoms with van der Waals surface area (Å²) in [4.78, 5) is 16.8. The quantitative estimate of drug-likeness (QED) is 0.828. The maximum atomic E-state index is 10.9. The van der Waals surface area contributed by atoms with Gasteiger partial charge in [0.2, 0.25) is 0 Å². The van der Waals surface area contributed by atoms with Crippen molar-refractivity contribution in [3.05, 3.63) is 24.0 Å². The van der Waals surface area contributed by atoms with Crippen LogP contribution in [0, 0.1) is 0 Å². The van der Waals surface area contributed by atoms with Crippen molar-refractivity contribution in [1.82, 2.24) is 4.98 Å². The fourth-order valence-corrected chi connectivity index (χ4v) is 2.56. The molecule has 0 bridgehead atoms. The Morgan fingerprint density at radius 3 is 2.78 bits per heavy atom. The van der Waals surface area contributed by atoms with Crippen molar-refractivity contribution in [3.8, 4) is 0 Å². The van der Waals surface area contributed by atoms with Crippen LogP contribution in [0.3, 0.4) is 0 Å². The number of carbonyl (C=O) groups is 1. The predicted octanol–water partition coefficient (Wildman–Crippen LogP) is 1.52. The van der Waals surface area contributed by atoms with Gasteiger partial charge in [0.1, 0.15) is 5.69 Å². The van der Waals surface area contributed by atoms with Crippen LogP contribution in [0.5, 0.6) is 0 Å². The molecule has 0 saturated heterocycles. The van der Waals surface area contributed by atoms with Gasteiger partial charge < -0.3 is 15.1 Å². The molecule has 0 radical (unpaired) electrons. The molecule has 1 saturated carbocycles. The van der Waals surface area contributed by atoms with E-state index in [1.54, 1.807) is 12.1 Å². The van der Waals surface area contributed by atoms with Crippen molar-refractivity contribution in [2.45, 2.75) is 31.7 Å². The molecule has 98 valence electrons. The Balaban J connectivity index is 2.23. The van der Waals surface area contributed by atoms with Gasteiger partial charge in [-0.1, -0.05) is 12.8 Å². The third-order valence-electron chi connectivity index (χ3n) is 3.40. The molecule has 1 aliphatic rings. The van der Waals surface area contributed by atoms with Gasteiger partial charge in [-0.05, 0) is 25.0 Å². The van der Waals surface area contributed by atoms with Gasteiger partial charge in [0.15, 0.2) is 0 Å². The van der Waals surface area contributed by atoms with Gasteiger partial charge in [-0.15, -0.1) is 0 Å². The van der Waals surface area contributed by atoms with Crippen LogP contribution in [-0.4, -0.2) is 40.4 Å². The number of hydrogen-bond acceptors (Lipinski definition) is 4. The molecule has 0 aliphatic heterocycles. The lowest BCUT2D eigenvalue weighted by atomic mass is 10.1. The number of rotatable bonds is 5. The molecule has 0 unspecified atom stereocenters. The first-order chi connectivity index (χ1) is 8.72. The van der Waals surface area contributed by atoms with Crippen LogP contribution < -0.4 is 4.90 Å². The predicted molar refractivity (Wildman–Crippen MR) is 67.9 cm³/mol. The Morgan fingerprint density at radius 2 is 2.17 bits per heavy atom. The summed E-state index contributed by atoms with van der Waals surface area (Å²) in [5.74, 6) is -1.02. The summed E-state index contributed by atoms with van der Waals surface area (Å²) in [5.41, 5.74) is 0.886. The normalized spacial score (nSPS) is 15.8. The first-order valence-electron chi connectivity index (χ1n) is 6.29. The van der Waals surface area contributed by atoms with E-state index in [1.165, 1.54) is 19.0 Å². The molecule has 1 aliphatic carbocycles. The van der Waals surface area contributed by atoms with Crippen LogP contribution in [0.4, 0.5) is 5.69 Å². The molecule has 0 aromatic carbocycles. The highest BCUT2D eigenvalue weighted by molar-refractivity contribution is 5.86. The molecule has 1 heterocycles. The van der Waals surface area contributed by atoms with E-state index in [0.29, 0.717) is 12.6 Å². The largest absolute Gasteiger partial charge is 0.477 e. The topological polar surface area (TPSA) is 73.7 Å². The zero-order valence-electron chi connectivity index (χ0n) is 10.2. The van der Waals surface area contributed by atoms with E-state index in [0.717, 1.165) is 18.5 Å². The lowest BCUT2D eigenvalue weighted by Gasteiger charge is -2.30. The maximum absolute atomic E-state index is 10.9. The number of aliphatic hydroxyl groups excluding tert-OH is 1. The average molecular weight is 250 g/mol. The van der Waals surface area contributed by atoms with Crippen LogP contribution in [0.25, 0.3) is 0 Å². The molecule has 0 amide bonds. The number of aliphatic hydroxyl groups is 1. The van der Waals surface area contributed by atoms with Gasteiger partial charge in [0.05, 0.1) is 6.61 Å². The molecule has 0 atom stereocenters. The summed E-state index contributed by atoms with van der Waals surface area (Å²) in [6, 6.07) is 3.79. The minimum atomic E-state index is -1.02. The first kappa shape index (κ1) is 12.8. The van der Waals surface area contributed by atoms with E-state index >= 15 is 0 Å². The summed E-state index contributed by atoms with van der Waals surface area (Å²) in [7, 11) is 0. The van der Waals surface area contributed by atoms with E-state index in [1.807, 2.05) is 0 Å². The number of carboxylic acid groups (broad SMARTS) is 1. The highest BCUT2D eigenvalue weighted by atomic mass is 16.4. The smallest absolute Gasteiger partial charge is 0.354 e. The van der Waals surface area contributed by atoms with Crippen LogP contribution >= 0.6 is 0 Å². The zero-order chi connectivity index (χ0) is 13.0. The molecule has 18 heavy (non-hydrogen) atoms. The molecular weight excluding hydrogens is 232 g/mol. The van der Waals surface area contributed by atoms with Gasteiger partial charge in [-0.2, -0.15) is 0 Å². The van der Waals surface area contributed by atoms with Gasteiger partial charge in [-0.3, -0.25) is 0 Å². The van der Waals surface area contributed by atoms with Crippen molar-refractivity contribution >= 4 is 11.7 Å². The van der Waals surface area contributed by atoms with Gasteiger partial charge in [-0.25, -0.2) is 9.78 Å². The van der Waals surface area contributed by atoms with Crippen LogP contribution in [-0.2, 0) is 0 Å². The van der Waals surface area contributed by atoms with Crippen LogP contribution in [0.15, 0.2) is 18.3 Å². The van der Waals surface area contributed by atoms with Crippen molar-refractivity contribution in [1.29, 1.82) is 0 Å². The molecular formula is C13H18N2O3. The summed E-state index contributed by atoms with van der Waals surface area (Å²) in [6.07, 6.45) is 6.11. The Labute approximate surface area is 106 Å². The van der Waals surface area contributed by atoms with Crippen molar-refractivity contribution in [3.63, 3.8) is 0 Å². The minimum absolute atomic E-state index is 0.0495. The molecule has 1 fully saturated rings. The van der Waals surface area contributed by atoms with Gasteiger partial charge in [0.25, 0.3) is 0 Å². The maximum Gasteiger partial charge on any atom is 0.354 e. The number of anilines is 1. The van der Waals surface area contributed by atoms with Crippen molar-refractivity contribution in [2.75, 3.05) is 18.1 Å². The van der Waals surface area contributed by atoms with Crippen molar-refractivity contribution in [2.24, 2.45) is 0 Å². The molecule has 5 nitrogen and oxygen atoms in total. The highest BCUT2D eigenvalue weighted by Crippen LogP contribution is 2.28. The van der Waals surface area contributed by atoms with E-state index in [9.17, 15) is 4.79 Å². The summed E-state index contributed by atoms with van der Waals surface area (Å²) in [6.45, 7) is 0.606. The molecule has 0 spiro atoms. The molecule has 2 N–H and O–H groups in total. The molecule has 1 aromatic rings. The van der Waals surface area contributed by atoms with Crippen LogP contribution in [0.1, 0.15) is 36.2 Å². The second-order valence-corrected chi connectivity index (χ2v) is 4.56. The highest BCUT2D eigenvalue weighted by Gasteiger charge is 2.23. The van der Waals surface area contributed by atoms with E-state index < -0.39 is 5.97 Å². The summed E-state index contributed by atoms with van der Waals surface area (Å²) >= 11 is 0. The third-order valence-corrected chi connectivity index (χ3v) is 3.40. The number of carboxylic acids is 1. The number of aromatic nitrogens is 1. The van der Waals surface area contributed by atoms with Gasteiger partial charge >= 0.3 is 5.97 Å². The Bertz CT molecular complexity index is 416. The average Bonchev–Trinajstić information content (AvgIpc) is 2.89. The lowest BCUT2D eigenvalue weighted by molar-refractivity contribution is 0.0690. The van der Waals surface area contributed by atoms with E-state index in [-0.39, 0.29) is 12.3 Å². The SMILES string of the molecule is O=C(O)c1cc(N(CCO)C2CCCC2)ccn1. The van der Waals surface area contributed by atoms with E-state index in [4.69, 9.17) is 10.2 Å². The third kappa shape index (κ3) is 2.79. The summed E-state index contributed by atoms with van der Waals surface area (Å²) < 4.78 is 0. The second kappa shape index (κ2) is 5.82. The van der Waals surface area contributed by atoms with Crippen molar-refractivity contribution < 1.29 is 15.0 Å². The second-order valence-electron chi connectivity index (χ2n) is 4.56. The Kier molecular flexibility index (Phi) is 4.15. The Morgan fingerprint density at radius 1 is 1.44 bits per heavy atom. The van der Waals surface area contributed by atoms with E-state index in [2.05, 4.69) is 9.88 Å². The standard InChI is InChI=1S/C13H18N2O3/c16-8-7-15(10-3-1-2-4-10)11-5-6-14-12(9-11)13(17)18/h5-6,9-10,16H,1-4,7-8H2,(H,17,18). The molecule has 1 aromatic heterocycles. The number of nitrogens with zero attached hydrogens (tertiary/aromatic N) is 2. The zero-order valence-corrected chi connectivity index (χ0v) is 10.2. The van der Waals surface area contributed by atoms with Crippen LogP contribution in [0.2, 0.25) is 0 Å². The number of hydrogen-bond donors (Lipinski definition) is 2. The lowest BCUT2D eigenvalue weighted by Crippen LogP contribution is -2.35. The van der Waals surface area contributed by atoms with Gasteiger partial charge in [0, 0.05) is 24.5 Å².